The van der Waals surface area contributed by atoms with Crippen LogP contribution in [-0.2, 0) is 6.42 Å². The van der Waals surface area contributed by atoms with Crippen LogP contribution < -0.4 is 19.8 Å². The molecule has 4 rings (SSSR count). The van der Waals surface area contributed by atoms with Crippen LogP contribution in [-0.4, -0.2) is 26.3 Å². The first-order chi connectivity index (χ1) is 16.0. The van der Waals surface area contributed by atoms with E-state index in [0.717, 1.165) is 11.1 Å². The van der Waals surface area contributed by atoms with E-state index in [-0.39, 0.29) is 5.56 Å². The van der Waals surface area contributed by atoms with Crippen LogP contribution in [0.2, 0.25) is 5.02 Å². The molecule has 7 heteroatoms. The number of hydrogen-bond donors (Lipinski definition) is 1. The summed E-state index contributed by atoms with van der Waals surface area (Å²) in [6, 6.07) is 18.4. The number of nitrogens with zero attached hydrogens (tertiary/aromatic N) is 1. The maximum absolute atomic E-state index is 12.9. The van der Waals surface area contributed by atoms with E-state index in [9.17, 15) is 10.1 Å². The van der Waals surface area contributed by atoms with E-state index < -0.39 is 5.56 Å². The predicted molar refractivity (Wildman–Crippen MR) is 129 cm³/mol. The zero-order valence-electron chi connectivity index (χ0n) is 18.4. The molecule has 0 fully saturated rings. The normalized spacial score (nSPS) is 10.6. The third kappa shape index (κ3) is 4.23. The molecule has 6 nitrogen and oxygen atoms in total. The number of ether oxygens (including phenoxy) is 3. The lowest BCUT2D eigenvalue weighted by atomic mass is 9.93. The molecule has 0 bridgehead atoms. The fraction of sp³-hybridized carbons (Fsp3) is 0.154. The number of fused-ring (bicyclic) bond motifs is 1. The maximum Gasteiger partial charge on any atom is 0.267 e. The zero-order valence-corrected chi connectivity index (χ0v) is 19.1. The van der Waals surface area contributed by atoms with Gasteiger partial charge in [-0.05, 0) is 47.0 Å². The Morgan fingerprint density at radius 3 is 2.39 bits per heavy atom. The van der Waals surface area contributed by atoms with Gasteiger partial charge in [0, 0.05) is 28.5 Å². The minimum absolute atomic E-state index is 0.0194. The van der Waals surface area contributed by atoms with Gasteiger partial charge in [0.1, 0.15) is 28.9 Å². The van der Waals surface area contributed by atoms with Crippen molar-refractivity contribution < 1.29 is 14.2 Å². The highest BCUT2D eigenvalue weighted by Gasteiger charge is 2.19. The Balaban J connectivity index is 2.02. The lowest BCUT2D eigenvalue weighted by Crippen LogP contribution is -2.13. The Morgan fingerprint density at radius 2 is 1.73 bits per heavy atom. The van der Waals surface area contributed by atoms with Crippen molar-refractivity contribution in [1.29, 1.82) is 5.26 Å². The van der Waals surface area contributed by atoms with Crippen LogP contribution in [0.25, 0.3) is 22.0 Å². The van der Waals surface area contributed by atoms with Gasteiger partial charge in [0.05, 0.1) is 26.8 Å². The number of H-pyrrole nitrogens is 1. The third-order valence-electron chi connectivity index (χ3n) is 5.51. The number of methoxy groups -OCH3 is 3. The molecule has 0 spiro atoms. The monoisotopic (exact) mass is 460 g/mol. The SMILES string of the molecule is COc1ccc(Cc2cc(OC)cc3c(-c4cccc(Cl)c4)c(C#N)c(=O)[nH]c23)c(OC)c1. The van der Waals surface area contributed by atoms with E-state index in [2.05, 4.69) is 4.98 Å². The maximum atomic E-state index is 12.9. The van der Waals surface area contributed by atoms with E-state index in [0.29, 0.717) is 50.7 Å². The van der Waals surface area contributed by atoms with Gasteiger partial charge < -0.3 is 19.2 Å². The lowest BCUT2D eigenvalue weighted by molar-refractivity contribution is 0.391. The lowest BCUT2D eigenvalue weighted by Gasteiger charge is -2.16. The number of pyridine rings is 1. The molecule has 0 unspecified atom stereocenters. The summed E-state index contributed by atoms with van der Waals surface area (Å²) < 4.78 is 16.4. The number of nitriles is 1. The van der Waals surface area contributed by atoms with E-state index in [4.69, 9.17) is 25.8 Å². The minimum Gasteiger partial charge on any atom is -0.497 e. The van der Waals surface area contributed by atoms with Crippen LogP contribution in [0.3, 0.4) is 0 Å². The van der Waals surface area contributed by atoms with Crippen LogP contribution in [0.4, 0.5) is 0 Å². The number of benzene rings is 3. The summed E-state index contributed by atoms with van der Waals surface area (Å²) in [5, 5.41) is 11.0. The van der Waals surface area contributed by atoms with Crippen LogP contribution in [0.1, 0.15) is 16.7 Å². The van der Waals surface area contributed by atoms with Gasteiger partial charge in [0.2, 0.25) is 0 Å². The van der Waals surface area contributed by atoms with Gasteiger partial charge in [0.25, 0.3) is 5.56 Å². The van der Waals surface area contributed by atoms with E-state index >= 15 is 0 Å². The smallest absolute Gasteiger partial charge is 0.267 e. The molecule has 0 atom stereocenters. The quantitative estimate of drug-likeness (QED) is 0.420. The summed E-state index contributed by atoms with van der Waals surface area (Å²) in [5.74, 6) is 1.95. The van der Waals surface area contributed by atoms with Crippen LogP contribution >= 0.6 is 11.6 Å². The highest BCUT2D eigenvalue weighted by atomic mass is 35.5. The summed E-state index contributed by atoms with van der Waals surface area (Å²) in [6.07, 6.45) is 0.456. The third-order valence-corrected chi connectivity index (χ3v) is 5.75. The molecule has 0 aliphatic carbocycles. The first-order valence-electron chi connectivity index (χ1n) is 10.1. The summed E-state index contributed by atoms with van der Waals surface area (Å²) in [5.41, 5.74) is 3.09. The van der Waals surface area contributed by atoms with Gasteiger partial charge in [-0.1, -0.05) is 29.8 Å². The number of aromatic amines is 1. The zero-order chi connectivity index (χ0) is 23.5. The Labute approximate surface area is 195 Å². The highest BCUT2D eigenvalue weighted by Crippen LogP contribution is 2.36. The average molecular weight is 461 g/mol. The standard InChI is InChI=1S/C26H21ClN2O4/c1-31-19-8-7-15(23(13-19)33-3)9-17-11-20(32-2)12-21-24(16-5-4-6-18(27)10-16)22(14-28)26(30)29-25(17)21/h4-8,10-13H,9H2,1-3H3,(H,29,30). The molecule has 4 aromatic rings. The first-order valence-corrected chi connectivity index (χ1v) is 10.5. The fourth-order valence-electron chi connectivity index (χ4n) is 3.95. The van der Waals surface area contributed by atoms with Crippen molar-refractivity contribution in [3.63, 3.8) is 0 Å². The van der Waals surface area contributed by atoms with Crippen LogP contribution in [0.15, 0.2) is 59.4 Å². The predicted octanol–water partition coefficient (Wildman–Crippen LogP) is 5.34. The fourth-order valence-corrected chi connectivity index (χ4v) is 4.14. The summed E-state index contributed by atoms with van der Waals surface area (Å²) in [7, 11) is 4.77. The molecule has 1 heterocycles. The molecule has 33 heavy (non-hydrogen) atoms. The van der Waals surface area contributed by atoms with Crippen molar-refractivity contribution >= 4 is 22.5 Å². The molecule has 0 aliphatic heterocycles. The summed E-state index contributed by atoms with van der Waals surface area (Å²) in [4.78, 5) is 15.8. The minimum atomic E-state index is -0.465. The molecule has 166 valence electrons. The molecule has 1 aromatic heterocycles. The summed E-state index contributed by atoms with van der Waals surface area (Å²) >= 11 is 6.22. The van der Waals surface area contributed by atoms with Gasteiger partial charge in [-0.25, -0.2) is 0 Å². The first kappa shape index (κ1) is 22.3. The molecule has 0 radical (unpaired) electrons. The van der Waals surface area contributed by atoms with E-state index in [1.807, 2.05) is 42.5 Å². The van der Waals surface area contributed by atoms with Crippen molar-refractivity contribution in [1.82, 2.24) is 4.98 Å². The second-order valence-electron chi connectivity index (χ2n) is 7.39. The Hall–Kier alpha value is -3.95. The van der Waals surface area contributed by atoms with Crippen LogP contribution in [0.5, 0.6) is 17.2 Å². The Kier molecular flexibility index (Phi) is 6.25. The van der Waals surface area contributed by atoms with Gasteiger partial charge in [-0.15, -0.1) is 0 Å². The Morgan fingerprint density at radius 1 is 0.939 bits per heavy atom. The molecule has 0 aliphatic rings. The number of rotatable bonds is 6. The van der Waals surface area contributed by atoms with Crippen molar-refractivity contribution in [3.8, 4) is 34.4 Å². The van der Waals surface area contributed by atoms with Crippen molar-refractivity contribution in [2.45, 2.75) is 6.42 Å². The Bertz CT molecular complexity index is 1450. The van der Waals surface area contributed by atoms with Crippen LogP contribution in [0, 0.1) is 11.3 Å². The van der Waals surface area contributed by atoms with Gasteiger partial charge in [0.15, 0.2) is 0 Å². The molecule has 0 saturated carbocycles. The molecule has 1 N–H and O–H groups in total. The molecule has 3 aromatic carbocycles. The molecule has 0 saturated heterocycles. The average Bonchev–Trinajstić information content (AvgIpc) is 2.83. The van der Waals surface area contributed by atoms with Crippen molar-refractivity contribution in [3.05, 3.63) is 86.7 Å². The molecular formula is C26H21ClN2O4. The second kappa shape index (κ2) is 9.27. The van der Waals surface area contributed by atoms with E-state index in [1.54, 1.807) is 39.5 Å². The highest BCUT2D eigenvalue weighted by molar-refractivity contribution is 6.31. The van der Waals surface area contributed by atoms with Crippen molar-refractivity contribution in [2.75, 3.05) is 21.3 Å². The molecular weight excluding hydrogens is 440 g/mol. The molecule has 0 amide bonds. The van der Waals surface area contributed by atoms with Gasteiger partial charge in [-0.3, -0.25) is 4.79 Å². The van der Waals surface area contributed by atoms with Gasteiger partial charge >= 0.3 is 0 Å². The largest absolute Gasteiger partial charge is 0.497 e. The number of aromatic nitrogens is 1. The number of hydrogen-bond acceptors (Lipinski definition) is 5. The van der Waals surface area contributed by atoms with Crippen molar-refractivity contribution in [2.24, 2.45) is 0 Å². The van der Waals surface area contributed by atoms with Gasteiger partial charge in [-0.2, -0.15) is 5.26 Å². The topological polar surface area (TPSA) is 84.3 Å². The van der Waals surface area contributed by atoms with E-state index in [1.165, 1.54) is 0 Å². The second-order valence-corrected chi connectivity index (χ2v) is 7.83. The summed E-state index contributed by atoms with van der Waals surface area (Å²) in [6.45, 7) is 0. The number of halogens is 1. The number of nitrogens with one attached hydrogen (secondary N) is 1.